The lowest BCUT2D eigenvalue weighted by Crippen LogP contribution is -2.41. The molecular formula is C25H29N5O4. The number of amides is 2. The fourth-order valence-corrected chi connectivity index (χ4v) is 4.30. The fourth-order valence-electron chi connectivity index (χ4n) is 4.30. The molecule has 3 aromatic rings. The number of aromatic nitrogens is 1. The molecule has 5 rings (SSSR count). The van der Waals surface area contributed by atoms with E-state index in [4.69, 9.17) is 14.5 Å². The summed E-state index contributed by atoms with van der Waals surface area (Å²) in [7, 11) is 0. The van der Waals surface area contributed by atoms with Crippen LogP contribution in [-0.4, -0.2) is 92.3 Å². The number of carbonyl (C=O) groups is 2. The molecule has 0 saturated carbocycles. The summed E-state index contributed by atoms with van der Waals surface area (Å²) in [5.41, 5.74) is 3.00. The van der Waals surface area contributed by atoms with E-state index in [9.17, 15) is 9.59 Å². The van der Waals surface area contributed by atoms with Crippen molar-refractivity contribution in [1.29, 1.82) is 0 Å². The lowest BCUT2D eigenvalue weighted by Gasteiger charge is -2.25. The summed E-state index contributed by atoms with van der Waals surface area (Å²) in [4.78, 5) is 33.9. The van der Waals surface area contributed by atoms with Crippen LogP contribution in [0.15, 0.2) is 42.5 Å². The predicted octanol–water partition coefficient (Wildman–Crippen LogP) is 1.93. The van der Waals surface area contributed by atoms with Crippen LogP contribution in [-0.2, 0) is 19.1 Å². The van der Waals surface area contributed by atoms with E-state index in [0.29, 0.717) is 50.9 Å². The van der Waals surface area contributed by atoms with E-state index >= 15 is 0 Å². The van der Waals surface area contributed by atoms with Gasteiger partial charge in [0, 0.05) is 48.3 Å². The number of carbonyl (C=O) groups excluding carboxylic acids is 2. The molecule has 0 aliphatic carbocycles. The Balaban J connectivity index is 1.27. The highest BCUT2D eigenvalue weighted by atomic mass is 16.5. The summed E-state index contributed by atoms with van der Waals surface area (Å²) in [6, 6.07) is 13.6. The molecule has 9 heteroatoms. The molecule has 0 bridgehead atoms. The Bertz CT molecular complexity index is 1100. The van der Waals surface area contributed by atoms with Gasteiger partial charge in [-0.3, -0.25) is 19.4 Å². The van der Waals surface area contributed by atoms with Gasteiger partial charge in [0.1, 0.15) is 0 Å². The van der Waals surface area contributed by atoms with Gasteiger partial charge in [0.05, 0.1) is 50.6 Å². The first-order valence-electron chi connectivity index (χ1n) is 11.7. The van der Waals surface area contributed by atoms with Crippen LogP contribution in [0.2, 0.25) is 0 Å². The van der Waals surface area contributed by atoms with Crippen molar-refractivity contribution in [2.24, 2.45) is 0 Å². The second-order valence-corrected chi connectivity index (χ2v) is 8.68. The van der Waals surface area contributed by atoms with E-state index in [1.165, 1.54) is 0 Å². The molecule has 2 aliphatic heterocycles. The van der Waals surface area contributed by atoms with E-state index in [1.807, 2.05) is 36.4 Å². The molecule has 34 heavy (non-hydrogen) atoms. The Kier molecular flexibility index (Phi) is 6.96. The first-order chi connectivity index (χ1) is 16.6. The largest absolute Gasteiger partial charge is 0.379 e. The van der Waals surface area contributed by atoms with Crippen molar-refractivity contribution >= 4 is 45.0 Å². The van der Waals surface area contributed by atoms with Crippen molar-refractivity contribution in [3.05, 3.63) is 42.5 Å². The summed E-state index contributed by atoms with van der Waals surface area (Å²) in [6.45, 7) is 6.42. The molecule has 0 spiro atoms. The maximum Gasteiger partial charge on any atom is 0.238 e. The number of rotatable bonds is 6. The number of hydrogen-bond acceptors (Lipinski definition) is 7. The standard InChI is InChI=1S/C25H29N5O4/c31-24(16-29-5-9-33-10-6-29)26-20-3-1-18-13-19-2-4-21(15-23(19)28-22(18)14-20)27-25(32)17-30-7-11-34-12-8-30/h1-4,13-15H,5-12,16-17H2,(H,26,31)(H,27,32). The Morgan fingerprint density at radius 1 is 0.706 bits per heavy atom. The van der Waals surface area contributed by atoms with Crippen LogP contribution in [0.1, 0.15) is 0 Å². The number of nitrogens with one attached hydrogen (secondary N) is 2. The summed E-state index contributed by atoms with van der Waals surface area (Å²) >= 11 is 0. The Hall–Kier alpha value is -3.11. The molecule has 2 amide bonds. The first-order valence-corrected chi connectivity index (χ1v) is 11.7. The lowest BCUT2D eigenvalue weighted by atomic mass is 10.1. The minimum atomic E-state index is -0.0488. The van der Waals surface area contributed by atoms with Gasteiger partial charge in [-0.25, -0.2) is 4.98 Å². The van der Waals surface area contributed by atoms with Gasteiger partial charge >= 0.3 is 0 Å². The zero-order valence-electron chi connectivity index (χ0n) is 19.1. The minimum Gasteiger partial charge on any atom is -0.379 e. The average molecular weight is 464 g/mol. The van der Waals surface area contributed by atoms with Gasteiger partial charge in [0.15, 0.2) is 0 Å². The SMILES string of the molecule is O=C(CN1CCOCC1)Nc1ccc2cc3ccc(NC(=O)CN4CCOCC4)cc3nc2c1. The highest BCUT2D eigenvalue weighted by Crippen LogP contribution is 2.25. The number of nitrogens with zero attached hydrogens (tertiary/aromatic N) is 3. The number of hydrogen-bond donors (Lipinski definition) is 2. The quantitative estimate of drug-likeness (QED) is 0.540. The van der Waals surface area contributed by atoms with E-state index in [2.05, 4.69) is 26.5 Å². The molecule has 0 atom stereocenters. The molecule has 2 saturated heterocycles. The van der Waals surface area contributed by atoms with Crippen molar-refractivity contribution in [2.45, 2.75) is 0 Å². The zero-order chi connectivity index (χ0) is 23.3. The fraction of sp³-hybridized carbons (Fsp3) is 0.400. The monoisotopic (exact) mass is 463 g/mol. The smallest absolute Gasteiger partial charge is 0.238 e. The predicted molar refractivity (Wildman–Crippen MR) is 131 cm³/mol. The molecule has 3 heterocycles. The minimum absolute atomic E-state index is 0.0488. The highest BCUT2D eigenvalue weighted by Gasteiger charge is 2.16. The van der Waals surface area contributed by atoms with Gasteiger partial charge in [-0.15, -0.1) is 0 Å². The first kappa shape index (κ1) is 22.7. The van der Waals surface area contributed by atoms with Crippen LogP contribution in [0, 0.1) is 0 Å². The second kappa shape index (κ2) is 10.4. The van der Waals surface area contributed by atoms with E-state index in [0.717, 1.165) is 48.0 Å². The summed E-state index contributed by atoms with van der Waals surface area (Å²) < 4.78 is 10.7. The van der Waals surface area contributed by atoms with Crippen LogP contribution in [0.25, 0.3) is 21.8 Å². The van der Waals surface area contributed by atoms with Gasteiger partial charge < -0.3 is 20.1 Å². The van der Waals surface area contributed by atoms with Crippen LogP contribution in [0.5, 0.6) is 0 Å². The van der Waals surface area contributed by atoms with Crippen molar-refractivity contribution in [2.75, 3.05) is 76.3 Å². The Morgan fingerprint density at radius 2 is 1.15 bits per heavy atom. The molecule has 2 fully saturated rings. The highest BCUT2D eigenvalue weighted by molar-refractivity contribution is 5.99. The third kappa shape index (κ3) is 5.68. The third-order valence-corrected chi connectivity index (χ3v) is 6.12. The average Bonchev–Trinajstić information content (AvgIpc) is 2.84. The van der Waals surface area contributed by atoms with Crippen LogP contribution in [0.4, 0.5) is 11.4 Å². The van der Waals surface area contributed by atoms with Crippen molar-refractivity contribution in [1.82, 2.24) is 14.8 Å². The molecular weight excluding hydrogens is 434 g/mol. The molecule has 178 valence electrons. The number of pyridine rings is 1. The van der Waals surface area contributed by atoms with Crippen LogP contribution in [0.3, 0.4) is 0 Å². The number of fused-ring (bicyclic) bond motifs is 2. The lowest BCUT2D eigenvalue weighted by molar-refractivity contribution is -0.119. The van der Waals surface area contributed by atoms with E-state index in [-0.39, 0.29) is 11.8 Å². The number of anilines is 2. The van der Waals surface area contributed by atoms with Crippen LogP contribution < -0.4 is 10.6 Å². The number of ether oxygens (including phenoxy) is 2. The van der Waals surface area contributed by atoms with E-state index < -0.39 is 0 Å². The zero-order valence-corrected chi connectivity index (χ0v) is 19.1. The van der Waals surface area contributed by atoms with Gasteiger partial charge in [0.2, 0.25) is 11.8 Å². The molecule has 1 aromatic heterocycles. The normalized spacial score (nSPS) is 17.6. The second-order valence-electron chi connectivity index (χ2n) is 8.68. The molecule has 2 aliphatic rings. The Morgan fingerprint density at radius 3 is 1.59 bits per heavy atom. The Labute approximate surface area is 198 Å². The van der Waals surface area contributed by atoms with Gasteiger partial charge in [-0.2, -0.15) is 0 Å². The van der Waals surface area contributed by atoms with Gasteiger partial charge in [-0.05, 0) is 30.3 Å². The topological polar surface area (TPSA) is 96.0 Å². The summed E-state index contributed by atoms with van der Waals surface area (Å²) in [5, 5.41) is 7.92. The molecule has 2 aromatic carbocycles. The molecule has 9 nitrogen and oxygen atoms in total. The maximum absolute atomic E-state index is 12.5. The van der Waals surface area contributed by atoms with Crippen LogP contribution >= 0.6 is 0 Å². The third-order valence-electron chi connectivity index (χ3n) is 6.12. The maximum atomic E-state index is 12.5. The van der Waals surface area contributed by atoms with Crippen molar-refractivity contribution < 1.29 is 19.1 Å². The molecule has 2 N–H and O–H groups in total. The summed E-state index contributed by atoms with van der Waals surface area (Å²) in [6.07, 6.45) is 0. The van der Waals surface area contributed by atoms with Crippen molar-refractivity contribution in [3.8, 4) is 0 Å². The van der Waals surface area contributed by atoms with Gasteiger partial charge in [-0.1, -0.05) is 12.1 Å². The number of benzene rings is 2. The molecule has 0 radical (unpaired) electrons. The summed E-state index contributed by atoms with van der Waals surface area (Å²) in [5.74, 6) is -0.0976. The van der Waals surface area contributed by atoms with Crippen molar-refractivity contribution in [3.63, 3.8) is 0 Å². The number of morpholine rings is 2. The molecule has 0 unspecified atom stereocenters. The van der Waals surface area contributed by atoms with E-state index in [1.54, 1.807) is 0 Å². The van der Waals surface area contributed by atoms with Gasteiger partial charge in [0.25, 0.3) is 0 Å².